The molecule has 1 aromatic carbocycles. The lowest BCUT2D eigenvalue weighted by atomic mass is 10.1. The quantitative estimate of drug-likeness (QED) is 0.320. The molecule has 0 fully saturated rings. The van der Waals surface area contributed by atoms with Gasteiger partial charge in [-0.3, -0.25) is 0 Å². The molecule has 1 rings (SSSR count). The summed E-state index contributed by atoms with van der Waals surface area (Å²) in [6.07, 6.45) is 1.15. The van der Waals surface area contributed by atoms with Crippen LogP contribution in [0.2, 0.25) is 0 Å². The number of hydrogen-bond acceptors (Lipinski definition) is 4. The van der Waals surface area contributed by atoms with Crippen LogP contribution in [0.15, 0.2) is 36.9 Å². The van der Waals surface area contributed by atoms with Crippen LogP contribution >= 0.6 is 0 Å². The highest BCUT2D eigenvalue weighted by Gasteiger charge is 2.26. The summed E-state index contributed by atoms with van der Waals surface area (Å²) in [5.41, 5.74) is 1.02. The number of esters is 1. The van der Waals surface area contributed by atoms with Crippen molar-refractivity contribution in [2.24, 2.45) is 0 Å². The van der Waals surface area contributed by atoms with Crippen molar-refractivity contribution in [1.82, 2.24) is 0 Å². The molecular weight excluding hydrogens is 272 g/mol. The Morgan fingerprint density at radius 3 is 2.45 bits per heavy atom. The molecule has 0 saturated heterocycles. The van der Waals surface area contributed by atoms with Crippen LogP contribution in [0.4, 0.5) is 0 Å². The van der Waals surface area contributed by atoms with Gasteiger partial charge in [-0.1, -0.05) is 31.7 Å². The average molecular weight is 294 g/mol. The van der Waals surface area contributed by atoms with Crippen molar-refractivity contribution in [2.75, 3.05) is 13.2 Å². The maximum Gasteiger partial charge on any atom is 0.335 e. The molecule has 0 amide bonds. The second-order valence-corrected chi connectivity index (χ2v) is 6.63. The molecule has 0 aliphatic rings. The summed E-state index contributed by atoms with van der Waals surface area (Å²) in [6.45, 7) is 10.6. The molecule has 0 aromatic heterocycles. The predicted molar refractivity (Wildman–Crippen MR) is 81.1 cm³/mol. The first kappa shape index (κ1) is 16.6. The maximum absolute atomic E-state index is 11.4. The van der Waals surface area contributed by atoms with Crippen molar-refractivity contribution in [3.8, 4) is 5.75 Å². The molecule has 1 atom stereocenters. The van der Waals surface area contributed by atoms with Crippen molar-refractivity contribution in [2.45, 2.75) is 26.3 Å². The summed E-state index contributed by atoms with van der Waals surface area (Å²) in [7, 11) is -1.85. The summed E-state index contributed by atoms with van der Waals surface area (Å²) in [5.74, 6) is 0.0810. The molecule has 0 bridgehead atoms. The van der Waals surface area contributed by atoms with Crippen molar-refractivity contribution in [3.63, 3.8) is 0 Å². The Kier molecular flexibility index (Phi) is 7.21. The highest BCUT2D eigenvalue weighted by atomic mass is 28.3. The van der Waals surface area contributed by atoms with E-state index >= 15 is 0 Å². The molecule has 5 heteroatoms. The number of ether oxygens (including phenoxy) is 1. The summed E-state index contributed by atoms with van der Waals surface area (Å²) < 4.78 is 16.8. The number of carbonyl (C=O) groups is 1. The standard InChI is InChI=1S/C15H22O4Si/c1-5-15(16)19-14-11-9-8-10-13(14)12(4)20(17-6-2)18-7-3/h5,8-12,20H,1,6-7H2,2-4H3. The molecule has 1 unspecified atom stereocenters. The van der Waals surface area contributed by atoms with Crippen LogP contribution in [0.25, 0.3) is 0 Å². The Bertz CT molecular complexity index is 441. The monoisotopic (exact) mass is 294 g/mol. The molecule has 0 aliphatic heterocycles. The lowest BCUT2D eigenvalue weighted by molar-refractivity contribution is -0.129. The maximum atomic E-state index is 11.4. The Morgan fingerprint density at radius 2 is 1.90 bits per heavy atom. The largest absolute Gasteiger partial charge is 0.423 e. The highest BCUT2D eigenvalue weighted by Crippen LogP contribution is 2.29. The fraction of sp³-hybridized carbons (Fsp3) is 0.400. The fourth-order valence-corrected chi connectivity index (χ4v) is 3.81. The summed E-state index contributed by atoms with van der Waals surface area (Å²) in [4.78, 5) is 11.4. The minimum absolute atomic E-state index is 0.0868. The van der Waals surface area contributed by atoms with Crippen LogP contribution in [-0.2, 0) is 13.6 Å². The van der Waals surface area contributed by atoms with E-state index in [1.807, 2.05) is 39.0 Å². The van der Waals surface area contributed by atoms with E-state index < -0.39 is 15.3 Å². The molecule has 0 spiro atoms. The average Bonchev–Trinajstić information content (AvgIpc) is 2.46. The van der Waals surface area contributed by atoms with Crippen LogP contribution < -0.4 is 4.74 Å². The number of benzene rings is 1. The molecule has 20 heavy (non-hydrogen) atoms. The van der Waals surface area contributed by atoms with Gasteiger partial charge in [0.2, 0.25) is 0 Å². The van der Waals surface area contributed by atoms with Gasteiger partial charge in [-0.2, -0.15) is 0 Å². The van der Waals surface area contributed by atoms with E-state index in [9.17, 15) is 4.79 Å². The molecule has 4 nitrogen and oxygen atoms in total. The first-order chi connectivity index (χ1) is 9.63. The zero-order valence-corrected chi connectivity index (χ0v) is 13.5. The zero-order valence-electron chi connectivity index (χ0n) is 12.3. The van der Waals surface area contributed by atoms with Gasteiger partial charge in [0.25, 0.3) is 0 Å². The van der Waals surface area contributed by atoms with Gasteiger partial charge in [-0.15, -0.1) is 0 Å². The Morgan fingerprint density at radius 1 is 1.30 bits per heavy atom. The minimum Gasteiger partial charge on any atom is -0.423 e. The molecule has 0 saturated carbocycles. The highest BCUT2D eigenvalue weighted by molar-refractivity contribution is 6.46. The van der Waals surface area contributed by atoms with Crippen molar-refractivity contribution >= 4 is 15.3 Å². The van der Waals surface area contributed by atoms with Gasteiger partial charge in [0.1, 0.15) is 5.75 Å². The second kappa shape index (κ2) is 8.68. The van der Waals surface area contributed by atoms with E-state index in [0.717, 1.165) is 11.6 Å². The smallest absolute Gasteiger partial charge is 0.335 e. The van der Waals surface area contributed by atoms with Crippen LogP contribution in [0.1, 0.15) is 31.9 Å². The summed E-state index contributed by atoms with van der Waals surface area (Å²) in [5, 5.41) is 0. The third kappa shape index (κ3) is 4.59. The van der Waals surface area contributed by atoms with Crippen LogP contribution in [-0.4, -0.2) is 28.5 Å². The van der Waals surface area contributed by atoms with Gasteiger partial charge in [0.05, 0.1) is 0 Å². The fourth-order valence-electron chi connectivity index (χ4n) is 1.91. The third-order valence-corrected chi connectivity index (χ3v) is 5.36. The molecule has 0 N–H and O–H groups in total. The minimum atomic E-state index is -1.85. The van der Waals surface area contributed by atoms with Crippen LogP contribution in [0.5, 0.6) is 5.75 Å². The van der Waals surface area contributed by atoms with E-state index in [0.29, 0.717) is 19.0 Å². The van der Waals surface area contributed by atoms with Crippen LogP contribution in [0.3, 0.4) is 0 Å². The van der Waals surface area contributed by atoms with E-state index in [1.165, 1.54) is 0 Å². The number of rotatable bonds is 8. The van der Waals surface area contributed by atoms with Crippen molar-refractivity contribution in [1.29, 1.82) is 0 Å². The molecule has 0 radical (unpaired) electrons. The SMILES string of the molecule is C=CC(=O)Oc1ccccc1C(C)[SiH](OCC)OCC. The molecular formula is C15H22O4Si. The third-order valence-electron chi connectivity index (χ3n) is 2.86. The number of para-hydroxylation sites is 1. The van der Waals surface area contributed by atoms with Gasteiger partial charge in [0, 0.05) is 24.8 Å². The second-order valence-electron chi connectivity index (χ2n) is 4.23. The Balaban J connectivity index is 2.97. The van der Waals surface area contributed by atoms with Gasteiger partial charge < -0.3 is 13.6 Å². The van der Waals surface area contributed by atoms with Gasteiger partial charge in [0.15, 0.2) is 0 Å². The molecule has 1 aromatic rings. The van der Waals surface area contributed by atoms with E-state index in [2.05, 4.69) is 6.58 Å². The number of hydrogen-bond donors (Lipinski definition) is 0. The zero-order chi connectivity index (χ0) is 15.0. The topological polar surface area (TPSA) is 44.8 Å². The Hall–Kier alpha value is -1.43. The van der Waals surface area contributed by atoms with Crippen molar-refractivity contribution in [3.05, 3.63) is 42.5 Å². The summed E-state index contributed by atoms with van der Waals surface area (Å²) in [6, 6.07) is 7.46. The normalized spacial score (nSPS) is 12.2. The number of carbonyl (C=O) groups excluding carboxylic acids is 1. The van der Waals surface area contributed by atoms with Crippen LogP contribution in [0, 0.1) is 0 Å². The predicted octanol–water partition coefficient (Wildman–Crippen LogP) is 2.71. The lowest BCUT2D eigenvalue weighted by Crippen LogP contribution is -2.30. The molecule has 110 valence electrons. The van der Waals surface area contributed by atoms with Crippen molar-refractivity contribution < 1.29 is 18.4 Å². The van der Waals surface area contributed by atoms with E-state index in [4.69, 9.17) is 13.6 Å². The van der Waals surface area contributed by atoms with Gasteiger partial charge >= 0.3 is 15.3 Å². The van der Waals surface area contributed by atoms with Gasteiger partial charge in [-0.25, -0.2) is 4.79 Å². The first-order valence-corrected chi connectivity index (χ1v) is 8.41. The molecule has 0 aliphatic carbocycles. The summed E-state index contributed by atoms with van der Waals surface area (Å²) >= 11 is 0. The van der Waals surface area contributed by atoms with E-state index in [1.54, 1.807) is 6.07 Å². The first-order valence-electron chi connectivity index (χ1n) is 6.80. The lowest BCUT2D eigenvalue weighted by Gasteiger charge is -2.23. The van der Waals surface area contributed by atoms with Gasteiger partial charge in [-0.05, 0) is 25.5 Å². The Labute approximate surface area is 122 Å². The molecule has 0 heterocycles. The van der Waals surface area contributed by atoms with E-state index in [-0.39, 0.29) is 5.54 Å².